The number of thiazole rings is 1. The molecule has 0 saturated heterocycles. The van der Waals surface area contributed by atoms with Gasteiger partial charge in [-0.05, 0) is 49.7 Å². The third kappa shape index (κ3) is 3.61. The largest absolute Gasteiger partial charge is 0.504 e. The van der Waals surface area contributed by atoms with E-state index in [0.29, 0.717) is 31.9 Å². The molecule has 0 radical (unpaired) electrons. The molecule has 2 aromatic carbocycles. The van der Waals surface area contributed by atoms with Crippen LogP contribution >= 0.6 is 22.9 Å². The average molecular weight is 471 g/mol. The molecule has 0 fully saturated rings. The maximum absolute atomic E-state index is 13.5. The fourth-order valence-electron chi connectivity index (χ4n) is 3.79. The number of ether oxygens (including phenoxy) is 1. The average Bonchev–Trinajstić information content (AvgIpc) is 3.23. The highest BCUT2D eigenvalue weighted by Crippen LogP contribution is 2.44. The van der Waals surface area contributed by atoms with Crippen LogP contribution in [0, 0.1) is 13.8 Å². The number of hydrogen-bond donors (Lipinski definition) is 2. The Morgan fingerprint density at radius 1 is 1.19 bits per heavy atom. The molecule has 3 aromatic rings. The normalized spacial score (nSPS) is 16.1. The first-order valence-electron chi connectivity index (χ1n) is 9.60. The molecule has 1 aliphatic rings. The summed E-state index contributed by atoms with van der Waals surface area (Å²) in [7, 11) is 1.42. The number of phenols is 1. The lowest BCUT2D eigenvalue weighted by Gasteiger charge is -2.27. The van der Waals surface area contributed by atoms with Crippen molar-refractivity contribution in [1.82, 2.24) is 4.98 Å². The van der Waals surface area contributed by atoms with E-state index in [-0.39, 0.29) is 17.1 Å². The molecule has 0 spiro atoms. The van der Waals surface area contributed by atoms with E-state index in [4.69, 9.17) is 16.3 Å². The number of carbonyl (C=O) groups excluding carboxylic acids is 2. The zero-order chi connectivity index (χ0) is 23.2. The quantitative estimate of drug-likeness (QED) is 0.514. The van der Waals surface area contributed by atoms with E-state index >= 15 is 0 Å². The zero-order valence-corrected chi connectivity index (χ0v) is 19.0. The molecule has 0 aliphatic carbocycles. The molecule has 1 aliphatic heterocycles. The molecule has 1 amide bonds. The van der Waals surface area contributed by atoms with Crippen LogP contribution in [0.3, 0.4) is 0 Å². The van der Waals surface area contributed by atoms with Crippen LogP contribution in [0.15, 0.2) is 53.8 Å². The van der Waals surface area contributed by atoms with E-state index in [9.17, 15) is 19.8 Å². The van der Waals surface area contributed by atoms with Crippen molar-refractivity contribution in [3.05, 3.63) is 80.0 Å². The van der Waals surface area contributed by atoms with E-state index < -0.39 is 23.5 Å². The number of aliphatic hydroxyl groups excluding tert-OH is 1. The number of rotatable bonds is 5. The summed E-state index contributed by atoms with van der Waals surface area (Å²) < 4.78 is 5.11. The number of ketones is 1. The van der Waals surface area contributed by atoms with Crippen molar-refractivity contribution in [2.75, 3.05) is 12.0 Å². The number of aromatic hydroxyl groups is 1. The highest BCUT2D eigenvalue weighted by molar-refractivity contribution is 7.14. The van der Waals surface area contributed by atoms with Gasteiger partial charge in [-0.15, -0.1) is 11.3 Å². The predicted molar refractivity (Wildman–Crippen MR) is 122 cm³/mol. The van der Waals surface area contributed by atoms with Crippen molar-refractivity contribution in [2.24, 2.45) is 0 Å². The Morgan fingerprint density at radius 3 is 2.53 bits per heavy atom. The fraction of sp³-hybridized carbons (Fsp3) is 0.174. The maximum Gasteiger partial charge on any atom is 0.294 e. The van der Waals surface area contributed by atoms with Gasteiger partial charge in [0.15, 0.2) is 17.3 Å². The summed E-state index contributed by atoms with van der Waals surface area (Å²) in [4.78, 5) is 32.6. The number of aromatic nitrogens is 1. The van der Waals surface area contributed by atoms with Gasteiger partial charge in [-0.25, -0.2) is 4.98 Å². The van der Waals surface area contributed by atoms with Gasteiger partial charge in [-0.2, -0.15) is 0 Å². The summed E-state index contributed by atoms with van der Waals surface area (Å²) >= 11 is 7.33. The number of amides is 1. The zero-order valence-electron chi connectivity index (χ0n) is 17.4. The van der Waals surface area contributed by atoms with Crippen LogP contribution in [0.25, 0.3) is 0 Å². The first kappa shape index (κ1) is 21.9. The van der Waals surface area contributed by atoms with Gasteiger partial charge in [-0.1, -0.05) is 23.7 Å². The third-order valence-electron chi connectivity index (χ3n) is 5.17. The number of carbonyl (C=O) groups is 2. The van der Waals surface area contributed by atoms with E-state index in [0.717, 1.165) is 0 Å². The number of benzene rings is 2. The van der Waals surface area contributed by atoms with Crippen LogP contribution in [0.1, 0.15) is 32.0 Å². The molecule has 32 heavy (non-hydrogen) atoms. The second kappa shape index (κ2) is 8.29. The number of hydrogen-bond acceptors (Lipinski definition) is 7. The molecule has 1 aromatic heterocycles. The summed E-state index contributed by atoms with van der Waals surface area (Å²) in [5, 5.41) is 22.3. The van der Waals surface area contributed by atoms with Crippen molar-refractivity contribution in [2.45, 2.75) is 19.9 Å². The molecule has 4 rings (SSSR count). The van der Waals surface area contributed by atoms with E-state index in [2.05, 4.69) is 4.98 Å². The molecule has 0 bridgehead atoms. The molecular formula is C23H19ClN2O5S. The number of phenolic OH excluding ortho intramolecular Hbond substituents is 1. The number of anilines is 1. The third-order valence-corrected chi connectivity index (χ3v) is 6.47. The van der Waals surface area contributed by atoms with Gasteiger partial charge >= 0.3 is 0 Å². The van der Waals surface area contributed by atoms with Crippen LogP contribution in [0.5, 0.6) is 11.5 Å². The number of Topliss-reactive ketones (excluding diaryl/α,β-unsaturated/α-hetero) is 1. The van der Waals surface area contributed by atoms with Crippen molar-refractivity contribution >= 4 is 40.3 Å². The number of halogens is 1. The molecule has 1 unspecified atom stereocenters. The molecule has 7 nitrogen and oxygen atoms in total. The van der Waals surface area contributed by atoms with Crippen molar-refractivity contribution in [1.29, 1.82) is 0 Å². The first-order valence-corrected chi connectivity index (χ1v) is 10.8. The van der Waals surface area contributed by atoms with Gasteiger partial charge in [-0.3, -0.25) is 14.5 Å². The summed E-state index contributed by atoms with van der Waals surface area (Å²) in [6.45, 7) is 3.48. The number of aliphatic hydroxyl groups is 1. The van der Waals surface area contributed by atoms with Crippen molar-refractivity contribution in [3.8, 4) is 11.5 Å². The van der Waals surface area contributed by atoms with E-state index in [1.54, 1.807) is 44.2 Å². The Labute approximate surface area is 193 Å². The minimum absolute atomic E-state index is 0.0914. The van der Waals surface area contributed by atoms with Crippen molar-refractivity contribution < 1.29 is 24.5 Å². The van der Waals surface area contributed by atoms with Gasteiger partial charge in [0, 0.05) is 10.7 Å². The second-order valence-electron chi connectivity index (χ2n) is 7.23. The number of methoxy groups -OCH3 is 1. The fourth-order valence-corrected chi connectivity index (χ4v) is 4.84. The number of nitrogens with zero attached hydrogens (tertiary/aromatic N) is 2. The van der Waals surface area contributed by atoms with Crippen LogP contribution in [0.2, 0.25) is 5.02 Å². The highest BCUT2D eigenvalue weighted by Gasteiger charge is 2.45. The van der Waals surface area contributed by atoms with Gasteiger partial charge < -0.3 is 14.9 Å². The Hall–Kier alpha value is -3.36. The van der Waals surface area contributed by atoms with Gasteiger partial charge in [0.1, 0.15) is 0 Å². The molecule has 1 atom stereocenters. The van der Waals surface area contributed by atoms with Gasteiger partial charge in [0.2, 0.25) is 5.78 Å². The predicted octanol–water partition coefficient (Wildman–Crippen LogP) is 4.91. The standard InChI is InChI=1S/C23H19ClN2O5S/c1-11-22(32-12(2)25-11)20(28)18-19(13-7-8-17(31-3)16(27)9-13)26(23(30)21(18)29)15-6-4-5-14(24)10-15/h4-10,19,27,29H,1-3H3. The summed E-state index contributed by atoms with van der Waals surface area (Å²) in [6.07, 6.45) is 0. The molecule has 2 N–H and O–H groups in total. The lowest BCUT2D eigenvalue weighted by Crippen LogP contribution is -2.31. The Balaban J connectivity index is 1.92. The van der Waals surface area contributed by atoms with E-state index in [1.807, 2.05) is 0 Å². The highest BCUT2D eigenvalue weighted by atomic mass is 35.5. The van der Waals surface area contributed by atoms with Crippen LogP contribution in [-0.4, -0.2) is 34.0 Å². The van der Waals surface area contributed by atoms with Crippen LogP contribution in [-0.2, 0) is 4.79 Å². The van der Waals surface area contributed by atoms with Gasteiger partial charge in [0.25, 0.3) is 5.91 Å². The minimum Gasteiger partial charge on any atom is -0.504 e. The summed E-state index contributed by atoms with van der Waals surface area (Å²) in [5.74, 6) is -1.81. The second-order valence-corrected chi connectivity index (χ2v) is 8.87. The lowest BCUT2D eigenvalue weighted by atomic mass is 9.94. The Kier molecular flexibility index (Phi) is 5.66. The topological polar surface area (TPSA) is 100.0 Å². The molecular weight excluding hydrogens is 452 g/mol. The first-order chi connectivity index (χ1) is 15.2. The summed E-state index contributed by atoms with van der Waals surface area (Å²) in [5.41, 5.74) is 1.24. The Bertz CT molecular complexity index is 1280. The monoisotopic (exact) mass is 470 g/mol. The van der Waals surface area contributed by atoms with Crippen LogP contribution in [0.4, 0.5) is 5.69 Å². The molecule has 0 saturated carbocycles. The SMILES string of the molecule is COc1ccc(C2C(C(=O)c3sc(C)nc3C)=C(O)C(=O)N2c2cccc(Cl)c2)cc1O. The maximum atomic E-state index is 13.5. The van der Waals surface area contributed by atoms with Crippen LogP contribution < -0.4 is 9.64 Å². The molecule has 9 heteroatoms. The Morgan fingerprint density at radius 2 is 1.94 bits per heavy atom. The van der Waals surface area contributed by atoms with E-state index in [1.165, 1.54) is 35.5 Å². The van der Waals surface area contributed by atoms with Gasteiger partial charge in [0.05, 0.1) is 34.3 Å². The molecule has 2 heterocycles. The number of aryl methyl sites for hydroxylation is 2. The lowest BCUT2D eigenvalue weighted by molar-refractivity contribution is -0.117. The molecule has 164 valence electrons. The van der Waals surface area contributed by atoms with Crippen molar-refractivity contribution in [3.63, 3.8) is 0 Å². The minimum atomic E-state index is -0.993. The summed E-state index contributed by atoms with van der Waals surface area (Å²) in [6, 6.07) is 10.1. The smallest absolute Gasteiger partial charge is 0.294 e.